The molecule has 0 aliphatic rings. The molecule has 0 amide bonds. The lowest BCUT2D eigenvalue weighted by Gasteiger charge is -2.27. The standard InChI is InChI=1S/C24H32Cl2O2S2/c1-2-3-4-12-19-24(26,30(28)22-16-9-6-10-17-22)20-13-11-18-23(25)29(27)21-14-7-5-8-15-21/h5-10,14-17,23H,2-4,11-13,18-20H2,1H3. The zero-order valence-electron chi connectivity index (χ0n) is 17.6. The van der Waals surface area contributed by atoms with Crippen molar-refractivity contribution in [3.63, 3.8) is 0 Å². The average Bonchev–Trinajstić information content (AvgIpc) is 2.79. The Labute approximate surface area is 196 Å². The molecule has 0 spiro atoms. The van der Waals surface area contributed by atoms with E-state index < -0.39 is 30.5 Å². The van der Waals surface area contributed by atoms with E-state index >= 15 is 0 Å². The maximum atomic E-state index is 13.3. The SMILES string of the molecule is CCCCCCC(Cl)(CCCCC(Cl)S(=O)c1ccccc1)S(=O)c1ccccc1. The van der Waals surface area contributed by atoms with Gasteiger partial charge in [0.05, 0.1) is 21.6 Å². The van der Waals surface area contributed by atoms with Crippen molar-refractivity contribution in [1.82, 2.24) is 0 Å². The Balaban J connectivity index is 1.91. The second kappa shape index (κ2) is 13.7. The first-order valence-electron chi connectivity index (χ1n) is 10.7. The molecule has 2 aromatic rings. The molecule has 0 N–H and O–H groups in total. The molecule has 4 atom stereocenters. The molecule has 0 aromatic heterocycles. The lowest BCUT2D eigenvalue weighted by molar-refractivity contribution is 0.526. The van der Waals surface area contributed by atoms with E-state index in [2.05, 4.69) is 6.92 Å². The summed E-state index contributed by atoms with van der Waals surface area (Å²) in [6.07, 6.45) is 8.07. The van der Waals surface area contributed by atoms with Crippen LogP contribution in [-0.2, 0) is 21.6 Å². The van der Waals surface area contributed by atoms with Crippen molar-refractivity contribution in [2.75, 3.05) is 0 Å². The van der Waals surface area contributed by atoms with Gasteiger partial charge in [-0.25, -0.2) is 0 Å². The molecular formula is C24H32Cl2O2S2. The molecule has 2 aromatic carbocycles. The monoisotopic (exact) mass is 486 g/mol. The van der Waals surface area contributed by atoms with E-state index in [1.165, 1.54) is 6.42 Å². The molecule has 30 heavy (non-hydrogen) atoms. The van der Waals surface area contributed by atoms with Gasteiger partial charge in [0.15, 0.2) is 0 Å². The summed E-state index contributed by atoms with van der Waals surface area (Å²) in [7, 11) is -2.50. The van der Waals surface area contributed by atoms with Gasteiger partial charge in [-0.05, 0) is 43.5 Å². The number of hydrogen-bond donors (Lipinski definition) is 0. The zero-order valence-corrected chi connectivity index (χ0v) is 20.7. The molecule has 0 saturated carbocycles. The van der Waals surface area contributed by atoms with Crippen LogP contribution in [-0.4, -0.2) is 17.3 Å². The highest BCUT2D eigenvalue weighted by Gasteiger charge is 2.34. The Kier molecular flexibility index (Phi) is 11.7. The Hall–Kier alpha value is -0.680. The van der Waals surface area contributed by atoms with Crippen LogP contribution in [0.2, 0.25) is 0 Å². The molecule has 6 heteroatoms. The van der Waals surface area contributed by atoms with Crippen molar-refractivity contribution in [1.29, 1.82) is 0 Å². The fourth-order valence-corrected chi connectivity index (χ4v) is 6.97. The van der Waals surface area contributed by atoms with Crippen molar-refractivity contribution in [3.05, 3.63) is 60.7 Å². The largest absolute Gasteiger partial charge is 0.253 e. The predicted molar refractivity (Wildman–Crippen MR) is 131 cm³/mol. The van der Waals surface area contributed by atoms with Crippen LogP contribution >= 0.6 is 23.2 Å². The molecular weight excluding hydrogens is 455 g/mol. The molecule has 0 saturated heterocycles. The van der Waals surface area contributed by atoms with E-state index in [4.69, 9.17) is 23.2 Å². The highest BCUT2D eigenvalue weighted by atomic mass is 35.5. The topological polar surface area (TPSA) is 34.1 Å². The van der Waals surface area contributed by atoms with E-state index in [1.807, 2.05) is 60.7 Å². The van der Waals surface area contributed by atoms with E-state index in [0.29, 0.717) is 12.8 Å². The number of halogens is 2. The summed E-state index contributed by atoms with van der Waals surface area (Å²) in [4.78, 5) is 1.54. The molecule has 2 nitrogen and oxygen atoms in total. The summed E-state index contributed by atoms with van der Waals surface area (Å²) in [5.41, 5.74) is 0. The van der Waals surface area contributed by atoms with Crippen LogP contribution in [0.5, 0.6) is 0 Å². The van der Waals surface area contributed by atoms with Crippen molar-refractivity contribution >= 4 is 44.8 Å². The minimum atomic E-state index is -1.27. The highest BCUT2D eigenvalue weighted by molar-refractivity contribution is 7.88. The molecule has 4 unspecified atom stereocenters. The quantitative estimate of drug-likeness (QED) is 0.203. The van der Waals surface area contributed by atoms with Crippen LogP contribution in [0.3, 0.4) is 0 Å². The van der Waals surface area contributed by atoms with Crippen LogP contribution in [0.4, 0.5) is 0 Å². The van der Waals surface area contributed by atoms with Crippen molar-refractivity contribution in [2.45, 2.75) is 83.4 Å². The van der Waals surface area contributed by atoms with E-state index in [1.54, 1.807) is 0 Å². The van der Waals surface area contributed by atoms with Gasteiger partial charge in [0.25, 0.3) is 0 Å². The molecule has 0 aliphatic carbocycles. The first-order chi connectivity index (χ1) is 14.5. The van der Waals surface area contributed by atoms with Crippen LogP contribution in [0.1, 0.15) is 64.7 Å². The van der Waals surface area contributed by atoms with Crippen molar-refractivity contribution < 1.29 is 8.42 Å². The number of hydrogen-bond acceptors (Lipinski definition) is 2. The first-order valence-corrected chi connectivity index (χ1v) is 13.9. The lowest BCUT2D eigenvalue weighted by atomic mass is 10.1. The Morgan fingerprint density at radius 1 is 0.800 bits per heavy atom. The smallest absolute Gasteiger partial charge is 0.124 e. The van der Waals surface area contributed by atoms with Gasteiger partial charge in [0.2, 0.25) is 0 Å². The summed E-state index contributed by atoms with van der Waals surface area (Å²) in [6.45, 7) is 2.18. The second-order valence-corrected chi connectivity index (χ2v) is 12.7. The molecule has 166 valence electrons. The summed E-state index contributed by atoms with van der Waals surface area (Å²) >= 11 is 13.4. The third-order valence-electron chi connectivity index (χ3n) is 5.13. The molecule has 0 fully saturated rings. The van der Waals surface area contributed by atoms with Gasteiger partial charge in [-0.3, -0.25) is 8.42 Å². The van der Waals surface area contributed by atoms with E-state index in [-0.39, 0.29) is 0 Å². The minimum Gasteiger partial charge on any atom is -0.253 e. The third kappa shape index (κ3) is 8.11. The Morgan fingerprint density at radius 2 is 1.33 bits per heavy atom. The van der Waals surface area contributed by atoms with E-state index in [0.717, 1.165) is 48.3 Å². The van der Waals surface area contributed by atoms with Gasteiger partial charge in [-0.1, -0.05) is 81.8 Å². The fraction of sp³-hybridized carbons (Fsp3) is 0.500. The molecule has 0 aliphatic heterocycles. The van der Waals surface area contributed by atoms with Crippen molar-refractivity contribution in [3.8, 4) is 0 Å². The lowest BCUT2D eigenvalue weighted by Crippen LogP contribution is -2.28. The first kappa shape index (κ1) is 25.6. The Bertz CT molecular complexity index is 786. The highest BCUT2D eigenvalue weighted by Crippen LogP contribution is 2.37. The zero-order chi connectivity index (χ0) is 21.8. The van der Waals surface area contributed by atoms with Crippen LogP contribution in [0.25, 0.3) is 0 Å². The van der Waals surface area contributed by atoms with Gasteiger partial charge < -0.3 is 0 Å². The van der Waals surface area contributed by atoms with E-state index in [9.17, 15) is 8.42 Å². The summed E-state index contributed by atoms with van der Waals surface area (Å²) in [5.74, 6) is 0. The van der Waals surface area contributed by atoms with Crippen molar-refractivity contribution in [2.24, 2.45) is 0 Å². The van der Waals surface area contributed by atoms with Crippen LogP contribution in [0.15, 0.2) is 70.5 Å². The van der Waals surface area contributed by atoms with Gasteiger partial charge in [0.1, 0.15) is 8.92 Å². The van der Waals surface area contributed by atoms with Gasteiger partial charge >= 0.3 is 0 Å². The average molecular weight is 488 g/mol. The number of benzene rings is 2. The maximum absolute atomic E-state index is 13.3. The fourth-order valence-electron chi connectivity index (χ4n) is 3.38. The maximum Gasteiger partial charge on any atom is 0.124 e. The number of unbranched alkanes of at least 4 members (excludes halogenated alkanes) is 4. The Morgan fingerprint density at radius 3 is 1.90 bits per heavy atom. The van der Waals surface area contributed by atoms with Gasteiger partial charge in [-0.2, -0.15) is 0 Å². The second-order valence-electron chi connectivity index (χ2n) is 7.54. The third-order valence-corrected chi connectivity index (χ3v) is 9.84. The normalized spacial score (nSPS) is 16.5. The summed E-state index contributed by atoms with van der Waals surface area (Å²) in [5, 5.41) is 0. The summed E-state index contributed by atoms with van der Waals surface area (Å²) in [6, 6.07) is 18.8. The predicted octanol–water partition coefficient (Wildman–Crippen LogP) is 7.63. The molecule has 2 rings (SSSR count). The minimum absolute atomic E-state index is 0.429. The number of rotatable bonds is 14. The number of alkyl halides is 2. The van der Waals surface area contributed by atoms with Gasteiger partial charge in [0, 0.05) is 9.79 Å². The van der Waals surface area contributed by atoms with Crippen LogP contribution in [0, 0.1) is 0 Å². The molecule has 0 heterocycles. The van der Waals surface area contributed by atoms with Gasteiger partial charge in [-0.15, -0.1) is 23.2 Å². The molecule has 0 radical (unpaired) electrons. The summed E-state index contributed by atoms with van der Waals surface area (Å²) < 4.78 is 24.6. The molecule has 0 bridgehead atoms. The van der Waals surface area contributed by atoms with Crippen LogP contribution < -0.4 is 0 Å².